The summed E-state index contributed by atoms with van der Waals surface area (Å²) in [5.74, 6) is 3.67. The van der Waals surface area contributed by atoms with Gasteiger partial charge in [0.25, 0.3) is 0 Å². The van der Waals surface area contributed by atoms with Crippen molar-refractivity contribution >= 4 is 0 Å². The van der Waals surface area contributed by atoms with Crippen molar-refractivity contribution in [2.75, 3.05) is 39.6 Å². The van der Waals surface area contributed by atoms with Gasteiger partial charge in [0.15, 0.2) is 23.0 Å². The molecule has 0 aliphatic carbocycles. The van der Waals surface area contributed by atoms with E-state index in [1.807, 2.05) is 52.0 Å². The Kier molecular flexibility index (Phi) is 10.8. The van der Waals surface area contributed by atoms with Crippen LogP contribution >= 0.6 is 0 Å². The van der Waals surface area contributed by atoms with E-state index in [1.54, 1.807) is 12.2 Å². The lowest BCUT2D eigenvalue weighted by molar-refractivity contribution is 0.266. The second kappa shape index (κ2) is 13.6. The molecule has 0 amide bonds. The van der Waals surface area contributed by atoms with Crippen LogP contribution in [0.15, 0.2) is 49.6 Å². The van der Waals surface area contributed by atoms with E-state index in [4.69, 9.17) is 28.4 Å². The molecule has 0 heterocycles. The van der Waals surface area contributed by atoms with Crippen molar-refractivity contribution < 1.29 is 28.4 Å². The molecule has 0 aliphatic rings. The van der Waals surface area contributed by atoms with Crippen LogP contribution in [0.4, 0.5) is 0 Å². The van der Waals surface area contributed by atoms with E-state index in [2.05, 4.69) is 27.0 Å². The van der Waals surface area contributed by atoms with Crippen molar-refractivity contribution in [3.63, 3.8) is 0 Å². The lowest BCUT2D eigenvalue weighted by Crippen LogP contribution is -2.20. The van der Waals surface area contributed by atoms with E-state index in [-0.39, 0.29) is 0 Å². The summed E-state index contributed by atoms with van der Waals surface area (Å²) in [6, 6.07) is 8.03. The number of hydrogen-bond acceptors (Lipinski definition) is 6. The molecular formula is C29H40O6. The zero-order valence-electron chi connectivity index (χ0n) is 22.1. The van der Waals surface area contributed by atoms with E-state index in [9.17, 15) is 0 Å². The van der Waals surface area contributed by atoms with Gasteiger partial charge >= 0.3 is 0 Å². The second-order valence-corrected chi connectivity index (χ2v) is 8.16. The fraction of sp³-hybridized carbons (Fsp3) is 0.448. The van der Waals surface area contributed by atoms with Crippen LogP contribution < -0.4 is 28.4 Å². The van der Waals surface area contributed by atoms with E-state index >= 15 is 0 Å². The van der Waals surface area contributed by atoms with Crippen LogP contribution in [0.1, 0.15) is 52.7 Å². The van der Waals surface area contributed by atoms with Gasteiger partial charge in [0.05, 0.1) is 26.4 Å². The minimum absolute atomic E-state index is 0.352. The zero-order valence-corrected chi connectivity index (χ0v) is 22.1. The monoisotopic (exact) mass is 484 g/mol. The summed E-state index contributed by atoms with van der Waals surface area (Å²) < 4.78 is 35.7. The van der Waals surface area contributed by atoms with E-state index in [0.717, 1.165) is 11.1 Å². The molecule has 2 aromatic rings. The van der Waals surface area contributed by atoms with Gasteiger partial charge in [-0.25, -0.2) is 0 Å². The van der Waals surface area contributed by atoms with Gasteiger partial charge in [-0.3, -0.25) is 0 Å². The van der Waals surface area contributed by atoms with E-state index in [0.29, 0.717) is 74.1 Å². The van der Waals surface area contributed by atoms with Gasteiger partial charge < -0.3 is 28.4 Å². The van der Waals surface area contributed by atoms with Crippen molar-refractivity contribution in [2.45, 2.75) is 47.0 Å². The minimum atomic E-state index is -0.455. The Morgan fingerprint density at radius 2 is 0.857 bits per heavy atom. The Labute approximate surface area is 210 Å². The van der Waals surface area contributed by atoms with Crippen LogP contribution in [0, 0.1) is 0 Å². The van der Waals surface area contributed by atoms with Crippen LogP contribution in [0.25, 0.3) is 0 Å². The fourth-order valence-electron chi connectivity index (χ4n) is 3.66. The molecule has 6 nitrogen and oxygen atoms in total. The first kappa shape index (κ1) is 28.0. The number of rotatable bonds is 16. The van der Waals surface area contributed by atoms with Crippen molar-refractivity contribution in [3.8, 4) is 34.5 Å². The Morgan fingerprint density at radius 1 is 0.571 bits per heavy atom. The van der Waals surface area contributed by atoms with Crippen LogP contribution in [-0.2, 0) is 5.41 Å². The molecule has 0 bridgehead atoms. The molecular weight excluding hydrogens is 444 g/mol. The van der Waals surface area contributed by atoms with Gasteiger partial charge in [-0.1, -0.05) is 39.2 Å². The average molecular weight is 485 g/mol. The first-order chi connectivity index (χ1) is 16.9. The van der Waals surface area contributed by atoms with Crippen LogP contribution in [0.2, 0.25) is 0 Å². The lowest BCUT2D eigenvalue weighted by Gasteiger charge is -2.29. The van der Waals surface area contributed by atoms with Crippen molar-refractivity contribution in [3.05, 3.63) is 60.7 Å². The predicted molar refractivity (Wildman–Crippen MR) is 141 cm³/mol. The highest BCUT2D eigenvalue weighted by molar-refractivity contribution is 5.60. The summed E-state index contributed by atoms with van der Waals surface area (Å²) >= 11 is 0. The summed E-state index contributed by atoms with van der Waals surface area (Å²) in [6.45, 7) is 22.3. The number of hydrogen-bond donors (Lipinski definition) is 0. The minimum Gasteiger partial charge on any atom is -0.490 e. The maximum Gasteiger partial charge on any atom is 0.203 e. The summed E-state index contributed by atoms with van der Waals surface area (Å²) in [6.07, 6.45) is 3.40. The molecule has 0 aromatic heterocycles. The van der Waals surface area contributed by atoms with Gasteiger partial charge in [-0.2, -0.15) is 0 Å². The molecule has 0 saturated heterocycles. The predicted octanol–water partition coefficient (Wildman–Crippen LogP) is 6.74. The van der Waals surface area contributed by atoms with E-state index < -0.39 is 5.41 Å². The molecule has 0 atom stereocenters. The highest BCUT2D eigenvalue weighted by atomic mass is 16.5. The normalized spacial score (nSPS) is 10.9. The average Bonchev–Trinajstić information content (AvgIpc) is 2.83. The molecule has 0 unspecified atom stereocenters. The SMILES string of the molecule is C=CCOc1c(OCC)cc(C(C)(C)c2cc(OCC)c(OCC=C)c(OCC)c2)cc1OCC. The molecule has 0 radical (unpaired) electrons. The molecule has 0 spiro atoms. The maximum atomic E-state index is 5.96. The van der Waals surface area contributed by atoms with Crippen LogP contribution in [-0.4, -0.2) is 39.6 Å². The Bertz CT molecular complexity index is 848. The molecule has 6 heteroatoms. The molecule has 2 aromatic carbocycles. The highest BCUT2D eigenvalue weighted by Crippen LogP contribution is 2.47. The molecule has 0 N–H and O–H groups in total. The van der Waals surface area contributed by atoms with Gasteiger partial charge in [0.1, 0.15) is 13.2 Å². The third-order valence-corrected chi connectivity index (χ3v) is 5.38. The van der Waals surface area contributed by atoms with E-state index in [1.165, 1.54) is 0 Å². The molecule has 0 saturated carbocycles. The largest absolute Gasteiger partial charge is 0.490 e. The third-order valence-electron chi connectivity index (χ3n) is 5.38. The van der Waals surface area contributed by atoms with Crippen molar-refractivity contribution in [2.24, 2.45) is 0 Å². The van der Waals surface area contributed by atoms with Crippen molar-refractivity contribution in [1.82, 2.24) is 0 Å². The quantitative estimate of drug-likeness (QED) is 0.246. The Morgan fingerprint density at radius 3 is 1.09 bits per heavy atom. The molecule has 2 rings (SSSR count). The number of ether oxygens (including phenoxy) is 6. The zero-order chi connectivity index (χ0) is 25.8. The maximum absolute atomic E-state index is 5.96. The third kappa shape index (κ3) is 6.87. The Balaban J connectivity index is 2.70. The van der Waals surface area contributed by atoms with Gasteiger partial charge in [-0.15, -0.1) is 0 Å². The molecule has 0 aliphatic heterocycles. The first-order valence-corrected chi connectivity index (χ1v) is 12.2. The smallest absolute Gasteiger partial charge is 0.203 e. The summed E-state index contributed by atoms with van der Waals surface area (Å²) in [5.41, 5.74) is 1.54. The van der Waals surface area contributed by atoms with Crippen LogP contribution in [0.5, 0.6) is 34.5 Å². The topological polar surface area (TPSA) is 55.4 Å². The highest BCUT2D eigenvalue weighted by Gasteiger charge is 2.30. The van der Waals surface area contributed by atoms with Gasteiger partial charge in [0, 0.05) is 5.41 Å². The summed E-state index contributed by atoms with van der Waals surface area (Å²) in [5, 5.41) is 0. The molecule has 35 heavy (non-hydrogen) atoms. The lowest BCUT2D eigenvalue weighted by atomic mass is 9.77. The first-order valence-electron chi connectivity index (χ1n) is 12.2. The van der Waals surface area contributed by atoms with Crippen molar-refractivity contribution in [1.29, 1.82) is 0 Å². The fourth-order valence-corrected chi connectivity index (χ4v) is 3.66. The standard InChI is InChI=1S/C29H40O6/c1-9-15-34-27-23(30-11-3)17-21(18-24(27)31-12-4)29(7,8)22-19-25(32-13-5)28(35-16-10-2)26(20-22)33-14-6/h9-10,17-20H,1-2,11-16H2,3-8H3. The Hall–Kier alpha value is -3.28. The molecule has 192 valence electrons. The van der Waals surface area contributed by atoms with Crippen LogP contribution in [0.3, 0.4) is 0 Å². The van der Waals surface area contributed by atoms with Gasteiger partial charge in [-0.05, 0) is 63.1 Å². The summed E-state index contributed by atoms with van der Waals surface area (Å²) in [7, 11) is 0. The second-order valence-electron chi connectivity index (χ2n) is 8.16. The van der Waals surface area contributed by atoms with Gasteiger partial charge in [0.2, 0.25) is 11.5 Å². The number of benzene rings is 2. The summed E-state index contributed by atoms with van der Waals surface area (Å²) in [4.78, 5) is 0. The molecule has 0 fully saturated rings.